The number of hydrogen-bond donors (Lipinski definition) is 2. The summed E-state index contributed by atoms with van der Waals surface area (Å²) in [6.45, 7) is 12.5. The third-order valence-corrected chi connectivity index (χ3v) is 4.77. The van der Waals surface area contributed by atoms with Gasteiger partial charge in [0, 0.05) is 24.6 Å². The average molecular weight is 530 g/mol. The summed E-state index contributed by atoms with van der Waals surface area (Å²) in [4.78, 5) is 4.63. The van der Waals surface area contributed by atoms with Crippen molar-refractivity contribution in [3.63, 3.8) is 0 Å². The molecule has 1 aromatic carbocycles. The van der Waals surface area contributed by atoms with Gasteiger partial charge < -0.3 is 24.6 Å². The molecule has 0 unspecified atom stereocenters. The number of rotatable bonds is 9. The van der Waals surface area contributed by atoms with Crippen molar-refractivity contribution in [1.29, 1.82) is 0 Å². The molecule has 1 aromatic heterocycles. The second-order valence-corrected chi connectivity index (χ2v) is 7.88. The van der Waals surface area contributed by atoms with Crippen molar-refractivity contribution in [2.45, 2.75) is 52.5 Å². The maximum Gasteiger partial charge on any atom is 0.191 e. The van der Waals surface area contributed by atoms with Gasteiger partial charge in [-0.05, 0) is 30.5 Å². The molecule has 0 bridgehead atoms. The van der Waals surface area contributed by atoms with Crippen LogP contribution < -0.4 is 20.1 Å². The van der Waals surface area contributed by atoms with E-state index in [1.54, 1.807) is 14.2 Å². The van der Waals surface area contributed by atoms with Crippen molar-refractivity contribution in [2.24, 2.45) is 4.99 Å². The fourth-order valence-electron chi connectivity index (χ4n) is 2.84. The summed E-state index contributed by atoms with van der Waals surface area (Å²) in [5.74, 6) is 3.28. The van der Waals surface area contributed by atoms with Crippen LogP contribution in [0.2, 0.25) is 0 Å². The summed E-state index contributed by atoms with van der Waals surface area (Å²) in [7, 11) is 3.29. The maximum atomic E-state index is 5.44. The van der Waals surface area contributed by atoms with Gasteiger partial charge in [0.2, 0.25) is 0 Å². The van der Waals surface area contributed by atoms with Gasteiger partial charge in [0.05, 0.1) is 19.9 Å². The molecule has 0 aliphatic rings. The predicted octanol–water partition coefficient (Wildman–Crippen LogP) is 4.47. The number of nitrogens with zero attached hydrogens (tertiary/aromatic N) is 2. The molecule has 2 rings (SSSR count). The van der Waals surface area contributed by atoms with Crippen molar-refractivity contribution >= 4 is 29.9 Å². The highest BCUT2D eigenvalue weighted by Crippen LogP contribution is 2.32. The van der Waals surface area contributed by atoms with Crippen LogP contribution in [0.4, 0.5) is 0 Å². The molecule has 0 saturated heterocycles. The Morgan fingerprint density at radius 2 is 1.83 bits per heavy atom. The van der Waals surface area contributed by atoms with Crippen molar-refractivity contribution in [3.05, 3.63) is 41.3 Å². The minimum absolute atomic E-state index is 0. The first-order chi connectivity index (χ1) is 13.8. The number of benzene rings is 1. The summed E-state index contributed by atoms with van der Waals surface area (Å²) in [6, 6.07) is 7.98. The van der Waals surface area contributed by atoms with Crippen LogP contribution in [0.1, 0.15) is 57.6 Å². The van der Waals surface area contributed by atoms with Gasteiger partial charge in [0.1, 0.15) is 6.54 Å². The van der Waals surface area contributed by atoms with E-state index >= 15 is 0 Å². The molecule has 0 fully saturated rings. The zero-order valence-electron chi connectivity index (χ0n) is 19.0. The monoisotopic (exact) mass is 530 g/mol. The molecular formula is C22H35IN4O3. The molecule has 0 radical (unpaired) electrons. The highest BCUT2D eigenvalue weighted by atomic mass is 127. The Bertz CT molecular complexity index is 818. The Kier molecular flexibility index (Phi) is 10.4. The quantitative estimate of drug-likeness (QED) is 0.283. The average Bonchev–Trinajstić information content (AvgIpc) is 3.19. The van der Waals surface area contributed by atoms with E-state index in [1.165, 1.54) is 0 Å². The minimum atomic E-state index is -0.146. The molecule has 0 atom stereocenters. The van der Waals surface area contributed by atoms with Crippen LogP contribution in [-0.4, -0.2) is 38.4 Å². The number of hydrogen-bond acceptors (Lipinski definition) is 5. The van der Waals surface area contributed by atoms with Crippen LogP contribution in [0, 0.1) is 0 Å². The van der Waals surface area contributed by atoms with Gasteiger partial charge in [-0.15, -0.1) is 24.0 Å². The Morgan fingerprint density at radius 3 is 2.40 bits per heavy atom. The molecule has 7 nitrogen and oxygen atoms in total. The summed E-state index contributed by atoms with van der Waals surface area (Å²) in [5.41, 5.74) is 1.95. The number of ether oxygens (including phenoxy) is 2. The van der Waals surface area contributed by atoms with Gasteiger partial charge in [-0.2, -0.15) is 0 Å². The Morgan fingerprint density at radius 1 is 1.13 bits per heavy atom. The second kappa shape index (κ2) is 12.0. The normalized spacial score (nSPS) is 11.8. The molecule has 2 N–H and O–H groups in total. The van der Waals surface area contributed by atoms with Gasteiger partial charge >= 0.3 is 0 Å². The summed E-state index contributed by atoms with van der Waals surface area (Å²) in [5, 5.41) is 10.8. The van der Waals surface area contributed by atoms with E-state index in [9.17, 15) is 0 Å². The molecule has 0 saturated carbocycles. The van der Waals surface area contributed by atoms with E-state index in [2.05, 4.69) is 54.5 Å². The third kappa shape index (κ3) is 7.07. The summed E-state index contributed by atoms with van der Waals surface area (Å²) in [6.07, 6.45) is 0. The Balaban J connectivity index is 0.00000450. The molecule has 8 heteroatoms. The SMILES string of the molecule is CCNC(=NCc1cc(C(C)C)no1)NCC(C)(C)c1ccc(OC)c(OC)c1.I. The van der Waals surface area contributed by atoms with Gasteiger partial charge in [-0.3, -0.25) is 0 Å². The maximum absolute atomic E-state index is 5.44. The number of nitrogens with one attached hydrogen (secondary N) is 2. The van der Waals surface area contributed by atoms with Crippen LogP contribution >= 0.6 is 24.0 Å². The number of aliphatic imine (C=N–C) groups is 1. The van der Waals surface area contributed by atoms with Crippen LogP contribution in [0.25, 0.3) is 0 Å². The molecule has 0 amide bonds. The molecule has 1 heterocycles. The van der Waals surface area contributed by atoms with Crippen molar-refractivity contribution in [2.75, 3.05) is 27.3 Å². The summed E-state index contributed by atoms with van der Waals surface area (Å²) >= 11 is 0. The van der Waals surface area contributed by atoms with Crippen LogP contribution in [0.5, 0.6) is 11.5 Å². The lowest BCUT2D eigenvalue weighted by atomic mass is 9.84. The molecule has 168 valence electrons. The lowest BCUT2D eigenvalue weighted by Crippen LogP contribution is -2.43. The van der Waals surface area contributed by atoms with Crippen LogP contribution in [0.15, 0.2) is 33.8 Å². The van der Waals surface area contributed by atoms with E-state index in [0.717, 1.165) is 41.0 Å². The van der Waals surface area contributed by atoms with Crippen LogP contribution in [0.3, 0.4) is 0 Å². The lowest BCUT2D eigenvalue weighted by Gasteiger charge is -2.27. The standard InChI is InChI=1S/C22H34N4O3.HI/c1-8-23-21(24-13-17-12-18(15(2)3)26-29-17)25-14-22(4,5)16-9-10-19(27-6)20(11-16)28-7;/h9-12,15H,8,13-14H2,1-7H3,(H2,23,24,25);1H. The Labute approximate surface area is 197 Å². The minimum Gasteiger partial charge on any atom is -0.493 e. The molecule has 0 aliphatic carbocycles. The van der Waals surface area contributed by atoms with E-state index in [0.29, 0.717) is 19.0 Å². The molecule has 30 heavy (non-hydrogen) atoms. The van der Waals surface area contributed by atoms with E-state index in [4.69, 9.17) is 14.0 Å². The predicted molar refractivity (Wildman–Crippen MR) is 131 cm³/mol. The highest BCUT2D eigenvalue weighted by Gasteiger charge is 2.23. The van der Waals surface area contributed by atoms with Gasteiger partial charge in [0.25, 0.3) is 0 Å². The van der Waals surface area contributed by atoms with E-state index in [-0.39, 0.29) is 29.4 Å². The van der Waals surface area contributed by atoms with Gasteiger partial charge in [0.15, 0.2) is 23.2 Å². The van der Waals surface area contributed by atoms with Crippen molar-refractivity contribution in [1.82, 2.24) is 15.8 Å². The smallest absolute Gasteiger partial charge is 0.191 e. The largest absolute Gasteiger partial charge is 0.493 e. The Hall–Kier alpha value is -1.97. The number of guanidine groups is 1. The lowest BCUT2D eigenvalue weighted by molar-refractivity contribution is 0.353. The molecule has 2 aromatic rings. The molecule has 0 aliphatic heterocycles. The molecule has 0 spiro atoms. The topological polar surface area (TPSA) is 80.9 Å². The van der Waals surface area contributed by atoms with Crippen molar-refractivity contribution in [3.8, 4) is 11.5 Å². The van der Waals surface area contributed by atoms with Crippen molar-refractivity contribution < 1.29 is 14.0 Å². The van der Waals surface area contributed by atoms with Crippen LogP contribution in [-0.2, 0) is 12.0 Å². The first-order valence-electron chi connectivity index (χ1n) is 10.0. The molecular weight excluding hydrogens is 495 g/mol. The van der Waals surface area contributed by atoms with E-state index < -0.39 is 0 Å². The summed E-state index contributed by atoms with van der Waals surface area (Å²) < 4.78 is 16.2. The zero-order valence-corrected chi connectivity index (χ0v) is 21.4. The number of halogens is 1. The second-order valence-electron chi connectivity index (χ2n) is 7.88. The van der Waals surface area contributed by atoms with Gasteiger partial charge in [-0.1, -0.05) is 38.9 Å². The zero-order chi connectivity index (χ0) is 21.4. The fraction of sp³-hybridized carbons (Fsp3) is 0.545. The van der Waals surface area contributed by atoms with Gasteiger partial charge in [-0.25, -0.2) is 4.99 Å². The fourth-order valence-corrected chi connectivity index (χ4v) is 2.84. The first kappa shape index (κ1) is 26.1. The number of aromatic nitrogens is 1. The third-order valence-electron chi connectivity index (χ3n) is 4.77. The highest BCUT2D eigenvalue weighted by molar-refractivity contribution is 14.0. The first-order valence-corrected chi connectivity index (χ1v) is 10.0. The number of methoxy groups -OCH3 is 2. The van der Waals surface area contributed by atoms with E-state index in [1.807, 2.05) is 25.1 Å².